The highest BCUT2D eigenvalue weighted by Gasteiger charge is 2.19. The molecule has 6 heteroatoms. The summed E-state index contributed by atoms with van der Waals surface area (Å²) in [4.78, 5) is 2.72. The van der Waals surface area contributed by atoms with Crippen molar-refractivity contribution < 1.29 is 8.42 Å². The molecule has 2 rings (SSSR count). The van der Waals surface area contributed by atoms with Crippen LogP contribution in [0.4, 0.5) is 5.69 Å². The number of likely N-dealkylation sites (tertiary alicyclic amines) is 1. The minimum absolute atomic E-state index is 0.118. The molecule has 1 aliphatic rings. The Morgan fingerprint density at radius 3 is 2.52 bits per heavy atom. The van der Waals surface area contributed by atoms with Gasteiger partial charge < -0.3 is 10.2 Å². The summed E-state index contributed by atoms with van der Waals surface area (Å²) in [5.74, 6) is 0. The zero-order valence-corrected chi connectivity index (χ0v) is 13.6. The van der Waals surface area contributed by atoms with Crippen molar-refractivity contribution in [3.8, 4) is 0 Å². The van der Waals surface area contributed by atoms with E-state index in [0.717, 1.165) is 26.2 Å². The van der Waals surface area contributed by atoms with Gasteiger partial charge >= 0.3 is 0 Å². The summed E-state index contributed by atoms with van der Waals surface area (Å²) in [6.07, 6.45) is 2.53. The molecule has 2 N–H and O–H groups in total. The summed E-state index contributed by atoms with van der Waals surface area (Å²) >= 11 is 0. The molecule has 0 unspecified atom stereocenters. The van der Waals surface area contributed by atoms with Crippen LogP contribution in [-0.4, -0.2) is 45.5 Å². The van der Waals surface area contributed by atoms with Crippen LogP contribution in [0, 0.1) is 0 Å². The first kappa shape index (κ1) is 16.3. The van der Waals surface area contributed by atoms with E-state index in [1.54, 1.807) is 12.1 Å². The van der Waals surface area contributed by atoms with Crippen molar-refractivity contribution in [2.75, 3.05) is 31.5 Å². The lowest BCUT2D eigenvalue weighted by Crippen LogP contribution is -2.31. The van der Waals surface area contributed by atoms with Crippen molar-refractivity contribution in [1.82, 2.24) is 9.62 Å². The van der Waals surface area contributed by atoms with E-state index >= 15 is 0 Å². The number of nitrogens with one attached hydrogen (secondary N) is 2. The number of sulfonamides is 1. The SMILES string of the molecule is CC(C)NS(=O)(=O)c1ccccc1NCCN1CCCC1. The van der Waals surface area contributed by atoms with Crippen LogP contribution in [-0.2, 0) is 10.0 Å². The molecule has 0 radical (unpaired) electrons. The lowest BCUT2D eigenvalue weighted by atomic mass is 10.3. The Hall–Kier alpha value is -1.11. The summed E-state index contributed by atoms with van der Waals surface area (Å²) < 4.78 is 27.3. The third-order valence-corrected chi connectivity index (χ3v) is 5.23. The molecule has 0 amide bonds. The van der Waals surface area contributed by atoms with Gasteiger partial charge in [0.25, 0.3) is 0 Å². The fraction of sp³-hybridized carbons (Fsp3) is 0.600. The largest absolute Gasteiger partial charge is 0.383 e. The van der Waals surface area contributed by atoms with Gasteiger partial charge in [-0.05, 0) is 51.9 Å². The number of para-hydroxylation sites is 1. The van der Waals surface area contributed by atoms with Gasteiger partial charge in [-0.2, -0.15) is 0 Å². The molecule has 1 aromatic carbocycles. The van der Waals surface area contributed by atoms with E-state index in [0.29, 0.717) is 10.6 Å². The normalized spacial score (nSPS) is 16.5. The molecule has 0 bridgehead atoms. The molecular formula is C15H25N3O2S. The standard InChI is InChI=1S/C15H25N3O2S/c1-13(2)17-21(19,20)15-8-4-3-7-14(15)16-9-12-18-10-5-6-11-18/h3-4,7-8,13,16-17H,5-6,9-12H2,1-2H3. The second kappa shape index (κ2) is 7.24. The van der Waals surface area contributed by atoms with Gasteiger partial charge in [-0.1, -0.05) is 12.1 Å². The fourth-order valence-electron chi connectivity index (χ4n) is 2.58. The van der Waals surface area contributed by atoms with E-state index in [9.17, 15) is 8.42 Å². The number of hydrogen-bond donors (Lipinski definition) is 2. The van der Waals surface area contributed by atoms with Gasteiger partial charge in [0.1, 0.15) is 4.90 Å². The molecule has 1 fully saturated rings. The molecule has 0 aromatic heterocycles. The summed E-state index contributed by atoms with van der Waals surface area (Å²) in [5, 5.41) is 3.26. The third-order valence-electron chi connectivity index (χ3n) is 3.51. The van der Waals surface area contributed by atoms with Crippen LogP contribution >= 0.6 is 0 Å². The molecule has 21 heavy (non-hydrogen) atoms. The molecule has 1 aromatic rings. The first-order valence-electron chi connectivity index (χ1n) is 7.56. The lowest BCUT2D eigenvalue weighted by molar-refractivity contribution is 0.352. The first-order valence-corrected chi connectivity index (χ1v) is 9.05. The second-order valence-corrected chi connectivity index (χ2v) is 7.43. The smallest absolute Gasteiger partial charge is 0.242 e. The molecule has 118 valence electrons. The van der Waals surface area contributed by atoms with Crippen LogP contribution in [0.2, 0.25) is 0 Å². The highest BCUT2D eigenvalue weighted by molar-refractivity contribution is 7.89. The quantitative estimate of drug-likeness (QED) is 0.807. The van der Waals surface area contributed by atoms with Crippen molar-refractivity contribution in [2.45, 2.75) is 37.6 Å². The fourth-order valence-corrected chi connectivity index (χ4v) is 4.01. The maximum atomic E-state index is 12.3. The Kier molecular flexibility index (Phi) is 5.61. The Morgan fingerprint density at radius 2 is 1.86 bits per heavy atom. The molecule has 0 atom stereocenters. The van der Waals surface area contributed by atoms with Crippen molar-refractivity contribution >= 4 is 15.7 Å². The third kappa shape index (κ3) is 4.69. The average Bonchev–Trinajstić information content (AvgIpc) is 2.91. The molecule has 1 saturated heterocycles. The summed E-state index contributed by atoms with van der Waals surface area (Å²) in [7, 11) is -3.47. The second-order valence-electron chi connectivity index (χ2n) is 5.75. The maximum absolute atomic E-state index is 12.3. The average molecular weight is 311 g/mol. The van der Waals surface area contributed by atoms with Gasteiger partial charge in [-0.3, -0.25) is 0 Å². The van der Waals surface area contributed by atoms with Gasteiger partial charge in [-0.15, -0.1) is 0 Å². The Labute approximate surface area is 127 Å². The number of benzene rings is 1. The van der Waals surface area contributed by atoms with E-state index < -0.39 is 10.0 Å². The lowest BCUT2D eigenvalue weighted by Gasteiger charge is -2.17. The number of rotatable bonds is 7. The number of nitrogens with zero attached hydrogens (tertiary/aromatic N) is 1. The van der Waals surface area contributed by atoms with Gasteiger partial charge in [0.15, 0.2) is 0 Å². The topological polar surface area (TPSA) is 61.4 Å². The van der Waals surface area contributed by atoms with Crippen LogP contribution in [0.1, 0.15) is 26.7 Å². The van der Waals surface area contributed by atoms with Crippen molar-refractivity contribution in [3.63, 3.8) is 0 Å². The molecule has 0 saturated carbocycles. The first-order chi connectivity index (χ1) is 9.99. The van der Waals surface area contributed by atoms with Crippen molar-refractivity contribution in [2.24, 2.45) is 0 Å². The van der Waals surface area contributed by atoms with E-state index in [4.69, 9.17) is 0 Å². The Bertz CT molecular complexity index is 552. The van der Waals surface area contributed by atoms with Crippen LogP contribution < -0.4 is 10.0 Å². The zero-order valence-electron chi connectivity index (χ0n) is 12.8. The summed E-state index contributed by atoms with van der Waals surface area (Å²) in [6, 6.07) is 6.95. The van der Waals surface area contributed by atoms with Crippen LogP contribution in [0.25, 0.3) is 0 Å². The zero-order chi connectivity index (χ0) is 15.3. The van der Waals surface area contributed by atoms with Crippen LogP contribution in [0.5, 0.6) is 0 Å². The monoisotopic (exact) mass is 311 g/mol. The molecular weight excluding hydrogens is 286 g/mol. The van der Waals surface area contributed by atoms with Crippen molar-refractivity contribution in [1.29, 1.82) is 0 Å². The Morgan fingerprint density at radius 1 is 1.19 bits per heavy atom. The Balaban J connectivity index is 2.02. The number of anilines is 1. The number of hydrogen-bond acceptors (Lipinski definition) is 4. The van der Waals surface area contributed by atoms with Crippen LogP contribution in [0.15, 0.2) is 29.2 Å². The molecule has 0 aliphatic carbocycles. The minimum Gasteiger partial charge on any atom is -0.383 e. The maximum Gasteiger partial charge on any atom is 0.242 e. The summed E-state index contributed by atoms with van der Waals surface area (Å²) in [5.41, 5.74) is 0.671. The van der Waals surface area contributed by atoms with E-state index in [-0.39, 0.29) is 6.04 Å². The van der Waals surface area contributed by atoms with E-state index in [1.165, 1.54) is 12.8 Å². The van der Waals surface area contributed by atoms with Crippen molar-refractivity contribution in [3.05, 3.63) is 24.3 Å². The van der Waals surface area contributed by atoms with E-state index in [2.05, 4.69) is 14.9 Å². The van der Waals surface area contributed by atoms with Gasteiger partial charge in [-0.25, -0.2) is 13.1 Å². The van der Waals surface area contributed by atoms with Gasteiger partial charge in [0.2, 0.25) is 10.0 Å². The summed E-state index contributed by atoms with van der Waals surface area (Å²) in [6.45, 7) is 7.65. The molecule has 1 heterocycles. The minimum atomic E-state index is -3.47. The predicted octanol–water partition coefficient (Wildman–Crippen LogP) is 1.88. The van der Waals surface area contributed by atoms with Gasteiger partial charge in [0, 0.05) is 19.1 Å². The predicted molar refractivity (Wildman–Crippen MR) is 86.1 cm³/mol. The van der Waals surface area contributed by atoms with Crippen LogP contribution in [0.3, 0.4) is 0 Å². The highest BCUT2D eigenvalue weighted by atomic mass is 32.2. The van der Waals surface area contributed by atoms with E-state index in [1.807, 2.05) is 26.0 Å². The molecule has 1 aliphatic heterocycles. The van der Waals surface area contributed by atoms with Gasteiger partial charge in [0.05, 0.1) is 5.69 Å². The highest BCUT2D eigenvalue weighted by Crippen LogP contribution is 2.20. The molecule has 5 nitrogen and oxygen atoms in total. The molecule has 0 spiro atoms.